The molecule has 2 atom stereocenters. The van der Waals surface area contributed by atoms with Crippen LogP contribution in [0.15, 0.2) is 72.8 Å². The van der Waals surface area contributed by atoms with Crippen LogP contribution in [-0.2, 0) is 4.79 Å². The molecule has 0 aliphatic heterocycles. The van der Waals surface area contributed by atoms with E-state index in [2.05, 4.69) is 5.32 Å². The number of aliphatic hydroxyl groups excluding tert-OH is 2. The quantitative estimate of drug-likeness (QED) is 0.570. The molecule has 3 rings (SSSR count). The first-order chi connectivity index (χ1) is 13.1. The molecular formula is C22H20ClNO3. The molecule has 0 fully saturated rings. The number of rotatable bonds is 6. The highest BCUT2D eigenvalue weighted by Gasteiger charge is 2.22. The van der Waals surface area contributed by atoms with Crippen LogP contribution in [0.1, 0.15) is 17.2 Å². The van der Waals surface area contributed by atoms with Gasteiger partial charge in [0.25, 0.3) is 0 Å². The normalized spacial score (nSPS) is 13.6. The van der Waals surface area contributed by atoms with Crippen LogP contribution in [-0.4, -0.2) is 28.8 Å². The monoisotopic (exact) mass is 381 g/mol. The maximum atomic E-state index is 12.4. The average Bonchev–Trinajstić information content (AvgIpc) is 2.70. The number of carbonyl (C=O) groups excluding carboxylic acids is 1. The summed E-state index contributed by atoms with van der Waals surface area (Å²) < 4.78 is 0. The van der Waals surface area contributed by atoms with Crippen molar-refractivity contribution in [2.75, 3.05) is 6.61 Å². The molecule has 4 nitrogen and oxygen atoms in total. The molecule has 138 valence electrons. The molecule has 0 aliphatic carbocycles. The van der Waals surface area contributed by atoms with Crippen LogP contribution in [0.3, 0.4) is 0 Å². The summed E-state index contributed by atoms with van der Waals surface area (Å²) >= 11 is 6.08. The maximum Gasteiger partial charge on any atom is 0.244 e. The number of aliphatic hydroxyl groups is 2. The number of benzene rings is 3. The lowest BCUT2D eigenvalue weighted by atomic mass is 9.98. The Bertz CT molecular complexity index is 970. The van der Waals surface area contributed by atoms with Crippen molar-refractivity contribution >= 4 is 34.4 Å². The summed E-state index contributed by atoms with van der Waals surface area (Å²) in [4.78, 5) is 12.4. The molecule has 3 N–H and O–H groups in total. The van der Waals surface area contributed by atoms with Gasteiger partial charge in [-0.15, -0.1) is 0 Å². The Kier molecular flexibility index (Phi) is 6.24. The number of amides is 1. The van der Waals surface area contributed by atoms with E-state index in [-0.39, 0.29) is 5.91 Å². The van der Waals surface area contributed by atoms with Gasteiger partial charge in [0.15, 0.2) is 0 Å². The van der Waals surface area contributed by atoms with Crippen molar-refractivity contribution in [2.24, 2.45) is 0 Å². The molecule has 0 aliphatic rings. The SMILES string of the molecule is O=C(C=Cc1ccccc1Cl)N[C@H](c1ccc2ccccc2c1)[C@H](O)CO. The molecule has 0 aromatic heterocycles. The lowest BCUT2D eigenvalue weighted by Gasteiger charge is -2.23. The minimum absolute atomic E-state index is 0.388. The minimum Gasteiger partial charge on any atom is -0.394 e. The Balaban J connectivity index is 1.82. The Morgan fingerprint density at radius 2 is 1.74 bits per heavy atom. The summed E-state index contributed by atoms with van der Waals surface area (Å²) in [6.45, 7) is -0.466. The molecule has 27 heavy (non-hydrogen) atoms. The molecule has 0 spiro atoms. The zero-order chi connectivity index (χ0) is 19.2. The summed E-state index contributed by atoms with van der Waals surface area (Å²) in [5, 5.41) is 25.0. The van der Waals surface area contributed by atoms with Gasteiger partial charge in [-0.25, -0.2) is 0 Å². The van der Waals surface area contributed by atoms with Gasteiger partial charge in [0, 0.05) is 11.1 Å². The molecule has 0 unspecified atom stereocenters. The summed E-state index contributed by atoms with van der Waals surface area (Å²) in [6, 6.07) is 19.9. The fraction of sp³-hybridized carbons (Fsp3) is 0.136. The molecule has 3 aromatic rings. The predicted octanol–water partition coefficient (Wildman–Crippen LogP) is 3.72. The number of nitrogens with one attached hydrogen (secondary N) is 1. The molecule has 5 heteroatoms. The van der Waals surface area contributed by atoms with Crippen molar-refractivity contribution in [1.29, 1.82) is 0 Å². The lowest BCUT2D eigenvalue weighted by molar-refractivity contribution is -0.118. The van der Waals surface area contributed by atoms with Gasteiger partial charge in [0.2, 0.25) is 5.91 Å². The van der Waals surface area contributed by atoms with E-state index in [1.165, 1.54) is 6.08 Å². The van der Waals surface area contributed by atoms with E-state index in [1.807, 2.05) is 54.6 Å². The largest absolute Gasteiger partial charge is 0.394 e. The van der Waals surface area contributed by atoms with E-state index >= 15 is 0 Å². The number of carbonyl (C=O) groups is 1. The fourth-order valence-corrected chi connectivity index (χ4v) is 3.08. The Morgan fingerprint density at radius 3 is 2.48 bits per heavy atom. The first-order valence-electron chi connectivity index (χ1n) is 8.59. The van der Waals surface area contributed by atoms with Crippen LogP contribution >= 0.6 is 11.6 Å². The summed E-state index contributed by atoms with van der Waals surface area (Å²) in [5.74, 6) is -0.388. The Morgan fingerprint density at radius 1 is 1.04 bits per heavy atom. The van der Waals surface area contributed by atoms with Gasteiger partial charge in [-0.1, -0.05) is 66.2 Å². The highest BCUT2D eigenvalue weighted by atomic mass is 35.5. The van der Waals surface area contributed by atoms with Gasteiger partial charge in [0.05, 0.1) is 12.6 Å². The Labute approximate surface area is 162 Å². The molecule has 0 heterocycles. The van der Waals surface area contributed by atoms with E-state index in [1.54, 1.807) is 18.2 Å². The van der Waals surface area contributed by atoms with E-state index < -0.39 is 18.8 Å². The van der Waals surface area contributed by atoms with Gasteiger partial charge in [-0.05, 0) is 40.1 Å². The van der Waals surface area contributed by atoms with Crippen LogP contribution in [0.2, 0.25) is 5.02 Å². The van der Waals surface area contributed by atoms with Crippen LogP contribution in [0.4, 0.5) is 0 Å². The lowest BCUT2D eigenvalue weighted by Crippen LogP contribution is -2.37. The summed E-state index contributed by atoms with van der Waals surface area (Å²) in [5.41, 5.74) is 1.44. The molecule has 0 radical (unpaired) electrons. The van der Waals surface area contributed by atoms with Crippen molar-refractivity contribution in [3.63, 3.8) is 0 Å². The van der Waals surface area contributed by atoms with Crippen molar-refractivity contribution < 1.29 is 15.0 Å². The van der Waals surface area contributed by atoms with Gasteiger partial charge in [0.1, 0.15) is 6.10 Å². The molecule has 1 amide bonds. The second-order valence-corrected chi connectivity index (χ2v) is 6.60. The highest BCUT2D eigenvalue weighted by Crippen LogP contribution is 2.23. The van der Waals surface area contributed by atoms with Gasteiger partial charge < -0.3 is 15.5 Å². The first kappa shape index (κ1) is 19.1. The van der Waals surface area contributed by atoms with Gasteiger partial charge >= 0.3 is 0 Å². The third-order valence-electron chi connectivity index (χ3n) is 4.32. The van der Waals surface area contributed by atoms with Crippen LogP contribution in [0, 0.1) is 0 Å². The smallest absolute Gasteiger partial charge is 0.244 e. The molecule has 0 saturated carbocycles. The zero-order valence-electron chi connectivity index (χ0n) is 14.5. The van der Waals surface area contributed by atoms with Gasteiger partial charge in [-0.2, -0.15) is 0 Å². The summed E-state index contributed by atoms with van der Waals surface area (Å²) in [6.07, 6.45) is 1.85. The first-order valence-corrected chi connectivity index (χ1v) is 8.97. The molecule has 0 saturated heterocycles. The number of hydrogen-bond acceptors (Lipinski definition) is 3. The van der Waals surface area contributed by atoms with E-state index in [0.717, 1.165) is 21.9 Å². The van der Waals surface area contributed by atoms with Crippen LogP contribution in [0.25, 0.3) is 16.8 Å². The predicted molar refractivity (Wildman–Crippen MR) is 108 cm³/mol. The van der Waals surface area contributed by atoms with E-state index in [0.29, 0.717) is 5.02 Å². The van der Waals surface area contributed by atoms with Crippen LogP contribution in [0.5, 0.6) is 0 Å². The topological polar surface area (TPSA) is 69.6 Å². The second kappa shape index (κ2) is 8.82. The van der Waals surface area contributed by atoms with Crippen molar-refractivity contribution in [3.8, 4) is 0 Å². The van der Waals surface area contributed by atoms with E-state index in [4.69, 9.17) is 11.6 Å². The minimum atomic E-state index is -1.12. The maximum absolute atomic E-state index is 12.4. The highest BCUT2D eigenvalue weighted by molar-refractivity contribution is 6.32. The summed E-state index contributed by atoms with van der Waals surface area (Å²) in [7, 11) is 0. The number of hydrogen-bond donors (Lipinski definition) is 3. The molecule has 3 aromatic carbocycles. The van der Waals surface area contributed by atoms with Crippen molar-refractivity contribution in [1.82, 2.24) is 5.32 Å². The standard InChI is InChI=1S/C22H20ClNO3/c23-19-8-4-3-6-16(19)11-12-21(27)24-22(20(26)14-25)18-10-9-15-5-1-2-7-17(15)13-18/h1-13,20,22,25-26H,14H2,(H,24,27)/t20-,22-/m1/s1. The number of fused-ring (bicyclic) bond motifs is 1. The second-order valence-electron chi connectivity index (χ2n) is 6.20. The molecular weight excluding hydrogens is 362 g/mol. The third kappa shape index (κ3) is 4.74. The fourth-order valence-electron chi connectivity index (χ4n) is 2.89. The molecule has 0 bridgehead atoms. The number of halogens is 1. The Hall–Kier alpha value is -2.66. The average molecular weight is 382 g/mol. The van der Waals surface area contributed by atoms with Crippen molar-refractivity contribution in [3.05, 3.63) is 89.0 Å². The van der Waals surface area contributed by atoms with E-state index in [9.17, 15) is 15.0 Å². The van der Waals surface area contributed by atoms with Gasteiger partial charge in [-0.3, -0.25) is 4.79 Å². The van der Waals surface area contributed by atoms with Crippen LogP contribution < -0.4 is 5.32 Å². The van der Waals surface area contributed by atoms with Crippen molar-refractivity contribution in [2.45, 2.75) is 12.1 Å². The third-order valence-corrected chi connectivity index (χ3v) is 4.67. The zero-order valence-corrected chi connectivity index (χ0v) is 15.3.